The van der Waals surface area contributed by atoms with Gasteiger partial charge in [0.2, 0.25) is 0 Å². The summed E-state index contributed by atoms with van der Waals surface area (Å²) >= 11 is 0. The molecule has 4 aromatic carbocycles. The summed E-state index contributed by atoms with van der Waals surface area (Å²) in [5, 5.41) is 12.1. The number of aliphatic hydroxyl groups is 1. The van der Waals surface area contributed by atoms with Crippen LogP contribution in [0.15, 0.2) is 134 Å². The van der Waals surface area contributed by atoms with Crippen molar-refractivity contribution in [3.05, 3.63) is 156 Å². The molecule has 0 aliphatic carbocycles. The van der Waals surface area contributed by atoms with E-state index in [9.17, 15) is 5.11 Å². The summed E-state index contributed by atoms with van der Waals surface area (Å²) < 4.78 is 40.9. The van der Waals surface area contributed by atoms with Crippen LogP contribution < -0.4 is 0 Å². The first kappa shape index (κ1) is 29.5. The van der Waals surface area contributed by atoms with Crippen molar-refractivity contribution in [2.45, 2.75) is 63.0 Å². The molecule has 1 aliphatic heterocycles. The van der Waals surface area contributed by atoms with Crippen molar-refractivity contribution in [3.8, 4) is 0 Å². The van der Waals surface area contributed by atoms with Gasteiger partial charge in [-0.15, -0.1) is 6.58 Å². The van der Waals surface area contributed by atoms with Crippen LogP contribution in [-0.4, -0.2) is 41.9 Å². The summed E-state index contributed by atoms with van der Waals surface area (Å²) in [6, 6.07) is 39.1. The minimum absolute atomic E-state index is 0.0944. The van der Waals surface area contributed by atoms with Gasteiger partial charge in [0.25, 0.3) is 0 Å². The lowest BCUT2D eigenvalue weighted by Crippen LogP contribution is -2.67. The Labute approximate surface area is 255 Å². The zero-order chi connectivity index (χ0) is 30.6. The normalized spacial score (nSPS) is 24.6. The lowest BCUT2D eigenvalue weighted by atomic mass is 9.89. The van der Waals surface area contributed by atoms with Crippen LogP contribution >= 0.6 is 0 Å². The highest BCUT2D eigenvalue weighted by Gasteiger charge is 2.55. The van der Waals surface area contributed by atoms with Crippen LogP contribution in [0.5, 0.6) is 0 Å². The Morgan fingerprint density at radius 3 is 1.53 bits per heavy atom. The van der Waals surface area contributed by atoms with Crippen molar-refractivity contribution in [2.24, 2.45) is 0 Å². The monoisotopic (exact) mass is 581 g/mol. The number of benzene rings is 4. The molecular formula is C37H40O6. The van der Waals surface area contributed by atoms with Crippen LogP contribution in [0.1, 0.15) is 30.0 Å². The third kappa shape index (κ3) is 8.71. The van der Waals surface area contributed by atoms with Crippen LogP contribution in [0.3, 0.4) is 0 Å². The van der Waals surface area contributed by atoms with E-state index in [0.29, 0.717) is 6.61 Å². The lowest BCUT2D eigenvalue weighted by Gasteiger charge is -2.50. The van der Waals surface area contributed by atoms with E-state index in [-0.39, 0.29) is 26.4 Å². The molecule has 1 saturated heterocycles. The molecule has 43 heavy (non-hydrogen) atoms. The fourth-order valence-electron chi connectivity index (χ4n) is 5.19. The summed E-state index contributed by atoms with van der Waals surface area (Å²) in [7, 11) is 0. The first-order chi connectivity index (χ1) is 21.6. The minimum Gasteiger partial charge on any atom is -0.374 e. The summed E-state index contributed by atoms with van der Waals surface area (Å²) in [6.07, 6.45) is -3.28. The van der Waals surface area contributed by atoms with Gasteiger partial charge in [-0.25, -0.2) is 0 Å². The fourth-order valence-corrected chi connectivity index (χ4v) is 5.19. The summed E-state index contributed by atoms with van der Waals surface area (Å²) in [6.45, 7) is 4.93. The Kier molecular flexibility index (Phi) is 10.8. The summed E-state index contributed by atoms with van der Waals surface area (Å²) in [5.41, 5.74) is 3.84. The largest absolute Gasteiger partial charge is 0.374 e. The van der Waals surface area contributed by atoms with Crippen molar-refractivity contribution < 1.29 is 30.2 Å². The third-order valence-corrected chi connectivity index (χ3v) is 7.33. The molecule has 0 aromatic heterocycles. The highest BCUT2D eigenvalue weighted by molar-refractivity contribution is 5.17. The Morgan fingerprint density at radius 2 is 1.07 bits per heavy atom. The average Bonchev–Trinajstić information content (AvgIpc) is 3.08. The molecule has 2 unspecified atom stereocenters. The number of ether oxygens (including phenoxy) is 5. The molecule has 1 heterocycles. The Hall–Kier alpha value is -3.62. The van der Waals surface area contributed by atoms with E-state index in [1.165, 1.54) is 6.08 Å². The first-order valence-electron chi connectivity index (χ1n) is 15.2. The van der Waals surface area contributed by atoms with E-state index in [1.807, 2.05) is 121 Å². The molecule has 0 saturated carbocycles. The van der Waals surface area contributed by atoms with Crippen molar-refractivity contribution >= 4 is 0 Å². The van der Waals surface area contributed by atoms with Crippen molar-refractivity contribution in [3.63, 3.8) is 0 Å². The van der Waals surface area contributed by atoms with Gasteiger partial charge >= 0.3 is 0 Å². The van der Waals surface area contributed by atoms with Crippen LogP contribution in [0, 0.1) is 0 Å². The van der Waals surface area contributed by atoms with Crippen LogP contribution in [0.2, 0.25) is 0 Å². The maximum absolute atomic E-state index is 12.1. The van der Waals surface area contributed by atoms with E-state index in [1.54, 1.807) is 0 Å². The molecule has 1 aliphatic rings. The molecule has 224 valence electrons. The zero-order valence-electron chi connectivity index (χ0n) is 25.2. The number of rotatable bonds is 15. The second kappa shape index (κ2) is 15.7. The zero-order valence-corrected chi connectivity index (χ0v) is 24.2. The quantitative estimate of drug-likeness (QED) is 0.159. The van der Waals surface area contributed by atoms with E-state index in [0.717, 1.165) is 22.3 Å². The highest BCUT2D eigenvalue weighted by atomic mass is 16.7. The predicted molar refractivity (Wildman–Crippen MR) is 166 cm³/mol. The maximum atomic E-state index is 12.1. The molecule has 6 heteroatoms. The Morgan fingerprint density at radius 1 is 0.651 bits per heavy atom. The lowest BCUT2D eigenvalue weighted by molar-refractivity contribution is -0.369. The smallest absolute Gasteiger partial charge is 0.198 e. The standard InChI is InChI=1S/C37H40O6/c1-2-23-37(38)36(42-27-32-21-13-6-14-22-32)35(41-26-31-19-11-5-12-20-31)34(40-25-30-17-9-4-10-18-30)33(43-37)28-39-24-29-15-7-3-8-16-29/h2-22,33-36,38H,1,23-28H2/t33-,34-,35+,36+,37?/m1/s1/i23D/t23?,33-,34-,35+,36+,37?. The molecule has 1 N–H and O–H groups in total. The number of hydrogen-bond donors (Lipinski definition) is 1. The van der Waals surface area contributed by atoms with Gasteiger partial charge in [-0.3, -0.25) is 0 Å². The highest BCUT2D eigenvalue weighted by Crippen LogP contribution is 2.37. The SMILES string of the molecule is [2H]C(C=C)C1(O)O[C@H](COCc2ccccc2)[C@@H](OCc2ccccc2)[C@H](OCc2ccccc2)[C@@H]1OCc1ccccc1. The average molecular weight is 582 g/mol. The summed E-state index contributed by atoms with van der Waals surface area (Å²) in [4.78, 5) is 0. The van der Waals surface area contributed by atoms with Gasteiger partial charge in [-0.2, -0.15) is 0 Å². The molecule has 4 aromatic rings. The van der Waals surface area contributed by atoms with Crippen molar-refractivity contribution in [1.82, 2.24) is 0 Å². The van der Waals surface area contributed by atoms with Gasteiger partial charge in [0.05, 0.1) is 33.0 Å². The second-order valence-electron chi connectivity index (χ2n) is 10.6. The van der Waals surface area contributed by atoms with E-state index in [4.69, 9.17) is 25.1 Å². The topological polar surface area (TPSA) is 66.4 Å². The van der Waals surface area contributed by atoms with Crippen LogP contribution in [0.4, 0.5) is 0 Å². The van der Waals surface area contributed by atoms with E-state index < -0.39 is 36.6 Å². The molecule has 0 spiro atoms. The molecule has 6 atom stereocenters. The van der Waals surface area contributed by atoms with E-state index >= 15 is 0 Å². The molecule has 0 amide bonds. The molecule has 6 nitrogen and oxygen atoms in total. The van der Waals surface area contributed by atoms with Gasteiger partial charge in [0.1, 0.15) is 24.4 Å². The molecule has 5 rings (SSSR count). The van der Waals surface area contributed by atoms with E-state index in [2.05, 4.69) is 6.58 Å². The molecular weight excluding hydrogens is 540 g/mol. The predicted octanol–water partition coefficient (Wildman–Crippen LogP) is 6.62. The molecule has 0 radical (unpaired) electrons. The second-order valence-corrected chi connectivity index (χ2v) is 10.6. The van der Waals surface area contributed by atoms with Crippen molar-refractivity contribution in [2.75, 3.05) is 6.61 Å². The third-order valence-electron chi connectivity index (χ3n) is 7.33. The maximum Gasteiger partial charge on any atom is 0.198 e. The van der Waals surface area contributed by atoms with Crippen LogP contribution in [0.25, 0.3) is 0 Å². The van der Waals surface area contributed by atoms with Gasteiger partial charge < -0.3 is 28.8 Å². The Balaban J connectivity index is 1.47. The van der Waals surface area contributed by atoms with Gasteiger partial charge in [0, 0.05) is 7.77 Å². The molecule has 1 fully saturated rings. The first-order valence-corrected chi connectivity index (χ1v) is 14.6. The van der Waals surface area contributed by atoms with Gasteiger partial charge in [-0.1, -0.05) is 127 Å². The van der Waals surface area contributed by atoms with Crippen molar-refractivity contribution in [1.29, 1.82) is 0 Å². The minimum atomic E-state index is -2.09. The molecule has 0 bridgehead atoms. The fraction of sp³-hybridized carbons (Fsp3) is 0.297. The Bertz CT molecular complexity index is 1390. The van der Waals surface area contributed by atoms with Crippen LogP contribution in [-0.2, 0) is 50.1 Å². The van der Waals surface area contributed by atoms with Gasteiger partial charge in [0.15, 0.2) is 5.79 Å². The number of hydrogen-bond acceptors (Lipinski definition) is 6. The summed E-state index contributed by atoms with van der Waals surface area (Å²) in [5.74, 6) is -2.09. The van der Waals surface area contributed by atoms with Gasteiger partial charge in [-0.05, 0) is 22.3 Å².